The van der Waals surface area contributed by atoms with E-state index in [-0.39, 0.29) is 0 Å². The largest absolute Gasteiger partial charge is 0.381 e. The van der Waals surface area contributed by atoms with Gasteiger partial charge in [0.15, 0.2) is 0 Å². The van der Waals surface area contributed by atoms with Gasteiger partial charge in [0.25, 0.3) is 0 Å². The highest BCUT2D eigenvalue weighted by Gasteiger charge is 2.30. The van der Waals surface area contributed by atoms with Crippen LogP contribution in [0.5, 0.6) is 0 Å². The van der Waals surface area contributed by atoms with Gasteiger partial charge in [-0.1, -0.05) is 0 Å². The first-order valence-corrected chi connectivity index (χ1v) is 5.10. The Morgan fingerprint density at radius 1 is 1.53 bits per heavy atom. The Labute approximate surface area is 87.8 Å². The maximum absolute atomic E-state index is 11.1. The van der Waals surface area contributed by atoms with Crippen molar-refractivity contribution in [2.24, 2.45) is 16.8 Å². The van der Waals surface area contributed by atoms with Gasteiger partial charge in [0.1, 0.15) is 11.9 Å². The average Bonchev–Trinajstić information content (AvgIpc) is 2.78. The van der Waals surface area contributed by atoms with E-state index in [0.717, 1.165) is 31.9 Å². The van der Waals surface area contributed by atoms with Crippen molar-refractivity contribution in [1.29, 1.82) is 0 Å². The van der Waals surface area contributed by atoms with Crippen molar-refractivity contribution < 1.29 is 14.4 Å². The monoisotopic (exact) mass is 213 g/mol. The summed E-state index contributed by atoms with van der Waals surface area (Å²) in [6.07, 6.45) is 1.91. The third-order valence-corrected chi connectivity index (χ3v) is 2.77. The number of nitrogens with two attached hydrogens (primary N) is 1. The van der Waals surface area contributed by atoms with Crippen LogP contribution in [0.25, 0.3) is 0 Å². The second-order valence-corrected chi connectivity index (χ2v) is 3.75. The van der Waals surface area contributed by atoms with Gasteiger partial charge in [-0.05, 0) is 12.8 Å². The average molecular weight is 213 g/mol. The van der Waals surface area contributed by atoms with Gasteiger partial charge in [-0.25, -0.2) is 4.79 Å². The number of hydrogen-bond donors (Lipinski definition) is 2. The van der Waals surface area contributed by atoms with Crippen LogP contribution in [0.2, 0.25) is 0 Å². The number of hydrogen-bond acceptors (Lipinski definition) is 6. The van der Waals surface area contributed by atoms with Crippen molar-refractivity contribution in [1.82, 2.24) is 5.32 Å². The molecule has 3 N–H and O–H groups in total. The van der Waals surface area contributed by atoms with Crippen LogP contribution < -0.4 is 11.2 Å². The van der Waals surface area contributed by atoms with Crippen molar-refractivity contribution in [3.8, 4) is 0 Å². The van der Waals surface area contributed by atoms with E-state index in [9.17, 15) is 4.79 Å². The number of carbonyl (C=O) groups is 1. The number of rotatable bonds is 2. The zero-order valence-electron chi connectivity index (χ0n) is 8.44. The van der Waals surface area contributed by atoms with Gasteiger partial charge in [-0.3, -0.25) is 4.99 Å². The molecule has 1 fully saturated rings. The Hall–Kier alpha value is -1.14. The summed E-state index contributed by atoms with van der Waals surface area (Å²) in [4.78, 5) is 19.6. The summed E-state index contributed by atoms with van der Waals surface area (Å²) in [7, 11) is 0. The normalized spacial score (nSPS) is 27.0. The molecule has 0 aromatic carbocycles. The van der Waals surface area contributed by atoms with Gasteiger partial charge in [0.2, 0.25) is 0 Å². The first-order chi connectivity index (χ1) is 7.31. The summed E-state index contributed by atoms with van der Waals surface area (Å²) in [6.45, 7) is 1.94. The standard InChI is InChI=1S/C9H15N3O3/c10-15-9(13)7-5-11-8(12-7)6-1-3-14-4-2-6/h6-7H,1-5,10H2,(H,11,12). The van der Waals surface area contributed by atoms with Crippen molar-refractivity contribution >= 4 is 11.8 Å². The van der Waals surface area contributed by atoms with Crippen molar-refractivity contribution in [3.05, 3.63) is 0 Å². The summed E-state index contributed by atoms with van der Waals surface area (Å²) in [5.41, 5.74) is 0. The van der Waals surface area contributed by atoms with Crippen molar-refractivity contribution in [2.75, 3.05) is 19.8 Å². The van der Waals surface area contributed by atoms with Crippen LogP contribution >= 0.6 is 0 Å². The molecule has 2 aliphatic heterocycles. The molecule has 6 heteroatoms. The van der Waals surface area contributed by atoms with Crippen LogP contribution in [-0.2, 0) is 14.4 Å². The molecule has 0 bridgehead atoms. The third kappa shape index (κ3) is 2.27. The summed E-state index contributed by atoms with van der Waals surface area (Å²) < 4.78 is 5.26. The van der Waals surface area contributed by atoms with Crippen LogP contribution in [0.4, 0.5) is 0 Å². The quantitative estimate of drug-likeness (QED) is 0.586. The fraction of sp³-hybridized carbons (Fsp3) is 0.778. The number of ether oxygens (including phenoxy) is 1. The Bertz CT molecular complexity index is 274. The molecule has 0 aromatic heterocycles. The molecule has 15 heavy (non-hydrogen) atoms. The van der Waals surface area contributed by atoms with Crippen LogP contribution in [0.15, 0.2) is 4.99 Å². The molecule has 0 saturated carbocycles. The van der Waals surface area contributed by atoms with E-state index >= 15 is 0 Å². The zero-order valence-corrected chi connectivity index (χ0v) is 8.44. The molecule has 2 aliphatic rings. The summed E-state index contributed by atoms with van der Waals surface area (Å²) in [5, 5.41) is 3.05. The van der Waals surface area contributed by atoms with Gasteiger partial charge in [0, 0.05) is 19.1 Å². The highest BCUT2D eigenvalue weighted by molar-refractivity contribution is 5.92. The van der Waals surface area contributed by atoms with Gasteiger partial charge < -0.3 is 14.9 Å². The molecule has 1 atom stereocenters. The molecular weight excluding hydrogens is 198 g/mol. The van der Waals surface area contributed by atoms with Gasteiger partial charge in [-0.2, -0.15) is 5.90 Å². The lowest BCUT2D eigenvalue weighted by Gasteiger charge is -2.22. The Kier molecular flexibility index (Phi) is 3.17. The molecule has 1 unspecified atom stereocenters. The summed E-state index contributed by atoms with van der Waals surface area (Å²) in [6, 6.07) is -0.409. The number of aliphatic imine (C=N–C) groups is 1. The maximum atomic E-state index is 11.1. The minimum atomic E-state index is -0.458. The Morgan fingerprint density at radius 2 is 2.27 bits per heavy atom. The fourth-order valence-electron chi connectivity index (χ4n) is 1.89. The Balaban J connectivity index is 1.88. The molecule has 0 amide bonds. The minimum absolute atomic E-state index is 0.384. The molecule has 84 valence electrons. The van der Waals surface area contributed by atoms with Crippen LogP contribution in [0.3, 0.4) is 0 Å². The van der Waals surface area contributed by atoms with E-state index in [0.29, 0.717) is 12.5 Å². The lowest BCUT2D eigenvalue weighted by molar-refractivity contribution is -0.145. The third-order valence-electron chi connectivity index (χ3n) is 2.77. The lowest BCUT2D eigenvalue weighted by atomic mass is 9.99. The van der Waals surface area contributed by atoms with E-state index in [2.05, 4.69) is 15.1 Å². The number of carbonyl (C=O) groups excluding carboxylic acids is 1. The fourth-order valence-corrected chi connectivity index (χ4v) is 1.89. The second-order valence-electron chi connectivity index (χ2n) is 3.75. The summed E-state index contributed by atoms with van der Waals surface area (Å²) in [5.74, 6) is 5.64. The first kappa shape index (κ1) is 10.4. The highest BCUT2D eigenvalue weighted by Crippen LogP contribution is 2.18. The molecule has 0 aliphatic carbocycles. The maximum Gasteiger partial charge on any atom is 0.348 e. The van der Waals surface area contributed by atoms with Crippen LogP contribution in [-0.4, -0.2) is 37.6 Å². The molecule has 2 heterocycles. The van der Waals surface area contributed by atoms with Gasteiger partial charge in [0.05, 0.1) is 6.54 Å². The second kappa shape index (κ2) is 4.59. The predicted molar refractivity (Wildman–Crippen MR) is 53.0 cm³/mol. The molecule has 1 saturated heterocycles. The number of nitrogens with one attached hydrogen (secondary N) is 1. The highest BCUT2D eigenvalue weighted by atomic mass is 16.7. The predicted octanol–water partition coefficient (Wildman–Crippen LogP) is -0.800. The van der Waals surface area contributed by atoms with Crippen LogP contribution in [0.1, 0.15) is 12.8 Å². The molecule has 0 radical (unpaired) electrons. The van der Waals surface area contributed by atoms with E-state index in [1.807, 2.05) is 0 Å². The molecule has 0 spiro atoms. The zero-order chi connectivity index (χ0) is 10.7. The molecular formula is C9H15N3O3. The van der Waals surface area contributed by atoms with E-state index < -0.39 is 12.0 Å². The Morgan fingerprint density at radius 3 is 2.93 bits per heavy atom. The van der Waals surface area contributed by atoms with Gasteiger partial charge >= 0.3 is 5.97 Å². The minimum Gasteiger partial charge on any atom is -0.381 e. The summed E-state index contributed by atoms with van der Waals surface area (Å²) >= 11 is 0. The molecule has 0 aromatic rings. The molecule has 2 rings (SSSR count). The number of nitrogens with zero attached hydrogens (tertiary/aromatic N) is 1. The van der Waals surface area contributed by atoms with Crippen LogP contribution in [0, 0.1) is 5.92 Å². The number of amidine groups is 1. The van der Waals surface area contributed by atoms with E-state index in [1.165, 1.54) is 0 Å². The topological polar surface area (TPSA) is 85.9 Å². The van der Waals surface area contributed by atoms with Crippen molar-refractivity contribution in [3.63, 3.8) is 0 Å². The van der Waals surface area contributed by atoms with Gasteiger partial charge in [-0.15, -0.1) is 0 Å². The first-order valence-electron chi connectivity index (χ1n) is 5.10. The van der Waals surface area contributed by atoms with E-state index in [1.54, 1.807) is 0 Å². The van der Waals surface area contributed by atoms with E-state index in [4.69, 9.17) is 10.6 Å². The molecule has 6 nitrogen and oxygen atoms in total. The SMILES string of the molecule is NOC(=O)C1CN=C(C2CCOCC2)N1. The smallest absolute Gasteiger partial charge is 0.348 e. The lowest BCUT2D eigenvalue weighted by Crippen LogP contribution is -2.42. The van der Waals surface area contributed by atoms with Crippen molar-refractivity contribution in [2.45, 2.75) is 18.9 Å².